The van der Waals surface area contributed by atoms with Crippen molar-refractivity contribution < 1.29 is 18.7 Å². The van der Waals surface area contributed by atoms with Crippen LogP contribution in [0.25, 0.3) is 0 Å². The monoisotopic (exact) mass is 225 g/mol. The van der Waals surface area contributed by atoms with Crippen LogP contribution in [-0.2, 0) is 9.53 Å². The molecular weight excluding hydrogens is 213 g/mol. The van der Waals surface area contributed by atoms with Gasteiger partial charge in [0.05, 0.1) is 5.69 Å². The van der Waals surface area contributed by atoms with Crippen molar-refractivity contribution in [3.63, 3.8) is 0 Å². The number of hydrogen-bond acceptors (Lipinski definition) is 3. The van der Waals surface area contributed by atoms with E-state index in [2.05, 4.69) is 4.74 Å². The summed E-state index contributed by atoms with van der Waals surface area (Å²) in [7, 11) is 0. The molecule has 0 fully saturated rings. The van der Waals surface area contributed by atoms with Crippen LogP contribution in [0.3, 0.4) is 0 Å². The van der Waals surface area contributed by atoms with Gasteiger partial charge in [-0.3, -0.25) is 4.79 Å². The lowest BCUT2D eigenvalue weighted by Gasteiger charge is -2.18. The minimum absolute atomic E-state index is 0.352. The van der Waals surface area contributed by atoms with E-state index in [1.807, 2.05) is 0 Å². The second kappa shape index (κ2) is 5.85. The molecule has 86 valence electrons. The molecule has 0 spiro atoms. The predicted octanol–water partition coefficient (Wildman–Crippen LogP) is 2.15. The Kier molecular flexibility index (Phi) is 4.44. The Labute approximate surface area is 92.6 Å². The Morgan fingerprint density at radius 2 is 1.94 bits per heavy atom. The summed E-state index contributed by atoms with van der Waals surface area (Å²) >= 11 is 0. The fourth-order valence-electron chi connectivity index (χ4n) is 1.18. The summed E-state index contributed by atoms with van der Waals surface area (Å²) in [4.78, 5) is 23.6. The average molecular weight is 225 g/mol. The van der Waals surface area contributed by atoms with Crippen LogP contribution in [0.15, 0.2) is 30.3 Å². The first-order valence-corrected chi connectivity index (χ1v) is 4.75. The molecule has 0 heterocycles. The maximum Gasteiger partial charge on any atom is 0.421 e. The number of anilines is 1. The molecule has 1 rings (SSSR count). The number of nitrogens with zero attached hydrogens (tertiary/aromatic N) is 1. The van der Waals surface area contributed by atoms with E-state index < -0.39 is 18.7 Å². The van der Waals surface area contributed by atoms with Gasteiger partial charge in [-0.15, -0.1) is 0 Å². The van der Waals surface area contributed by atoms with Gasteiger partial charge >= 0.3 is 6.09 Å². The van der Waals surface area contributed by atoms with Gasteiger partial charge in [0.2, 0.25) is 5.91 Å². The van der Waals surface area contributed by atoms with Crippen LogP contribution in [0, 0.1) is 0 Å². The maximum atomic E-state index is 11.8. The first-order valence-electron chi connectivity index (χ1n) is 4.75. The predicted molar refractivity (Wildman–Crippen MR) is 56.9 cm³/mol. The van der Waals surface area contributed by atoms with E-state index in [4.69, 9.17) is 0 Å². The van der Waals surface area contributed by atoms with Gasteiger partial charge in [-0.25, -0.2) is 14.1 Å². The van der Waals surface area contributed by atoms with Crippen molar-refractivity contribution >= 4 is 17.7 Å². The molecule has 1 aromatic carbocycles. The standard InChI is InChI=1S/C11H12FNO3/c1-9(14)13(11(15)16-8-7-12)10-5-3-2-4-6-10/h2-6H,7-8H2,1H3. The molecule has 0 aliphatic rings. The van der Waals surface area contributed by atoms with Gasteiger partial charge in [-0.2, -0.15) is 0 Å². The number of halogens is 1. The van der Waals surface area contributed by atoms with Crippen molar-refractivity contribution in [2.45, 2.75) is 6.92 Å². The van der Waals surface area contributed by atoms with Gasteiger partial charge in [0.25, 0.3) is 0 Å². The van der Waals surface area contributed by atoms with Crippen molar-refractivity contribution in [2.24, 2.45) is 0 Å². The molecule has 0 atom stereocenters. The van der Waals surface area contributed by atoms with Crippen LogP contribution in [0.1, 0.15) is 6.92 Å². The smallest absolute Gasteiger partial charge is 0.421 e. The van der Waals surface area contributed by atoms with Crippen LogP contribution >= 0.6 is 0 Å². The molecule has 0 aliphatic carbocycles. The molecule has 16 heavy (non-hydrogen) atoms. The Balaban J connectivity index is 2.84. The van der Waals surface area contributed by atoms with E-state index in [9.17, 15) is 14.0 Å². The minimum atomic E-state index is -0.864. The largest absolute Gasteiger partial charge is 0.446 e. The SMILES string of the molecule is CC(=O)N(C(=O)OCCF)c1ccccc1. The highest BCUT2D eigenvalue weighted by atomic mass is 19.1. The molecule has 0 saturated carbocycles. The molecule has 0 saturated heterocycles. The highest BCUT2D eigenvalue weighted by molar-refractivity contribution is 6.11. The first kappa shape index (κ1) is 12.2. The van der Waals surface area contributed by atoms with Crippen molar-refractivity contribution in [3.05, 3.63) is 30.3 Å². The molecule has 0 aromatic heterocycles. The van der Waals surface area contributed by atoms with Gasteiger partial charge in [-0.1, -0.05) is 18.2 Å². The number of carbonyl (C=O) groups excluding carboxylic acids is 2. The number of para-hydroxylation sites is 1. The molecular formula is C11H12FNO3. The number of hydrogen-bond donors (Lipinski definition) is 0. The Morgan fingerprint density at radius 3 is 2.44 bits per heavy atom. The van der Waals surface area contributed by atoms with Crippen molar-refractivity contribution in [3.8, 4) is 0 Å². The molecule has 0 radical (unpaired) electrons. The van der Waals surface area contributed by atoms with E-state index in [0.29, 0.717) is 5.69 Å². The van der Waals surface area contributed by atoms with Crippen LogP contribution in [0.2, 0.25) is 0 Å². The van der Waals surface area contributed by atoms with Crippen molar-refractivity contribution in [1.29, 1.82) is 0 Å². The van der Waals surface area contributed by atoms with Gasteiger partial charge in [0.1, 0.15) is 13.3 Å². The number of carbonyl (C=O) groups is 2. The van der Waals surface area contributed by atoms with Crippen LogP contribution in [0.4, 0.5) is 14.9 Å². The highest BCUT2D eigenvalue weighted by Crippen LogP contribution is 2.14. The zero-order valence-corrected chi connectivity index (χ0v) is 8.85. The third kappa shape index (κ3) is 3.05. The molecule has 0 unspecified atom stereocenters. The third-order valence-electron chi connectivity index (χ3n) is 1.81. The van der Waals surface area contributed by atoms with Gasteiger partial charge in [-0.05, 0) is 12.1 Å². The number of benzene rings is 1. The average Bonchev–Trinajstić information content (AvgIpc) is 2.27. The summed E-state index contributed by atoms with van der Waals surface area (Å²) in [5.74, 6) is -0.477. The van der Waals surface area contributed by atoms with Gasteiger partial charge < -0.3 is 4.74 Å². The fraction of sp³-hybridized carbons (Fsp3) is 0.273. The van der Waals surface area contributed by atoms with E-state index in [-0.39, 0.29) is 6.61 Å². The van der Waals surface area contributed by atoms with E-state index >= 15 is 0 Å². The van der Waals surface area contributed by atoms with E-state index in [0.717, 1.165) is 4.90 Å². The van der Waals surface area contributed by atoms with Crippen molar-refractivity contribution in [1.82, 2.24) is 0 Å². The zero-order valence-electron chi connectivity index (χ0n) is 8.85. The summed E-state index contributed by atoms with van der Waals surface area (Å²) in [5.41, 5.74) is 0.402. The lowest BCUT2D eigenvalue weighted by atomic mass is 10.3. The molecule has 5 heteroatoms. The zero-order chi connectivity index (χ0) is 12.0. The quantitative estimate of drug-likeness (QED) is 0.791. The molecule has 0 aliphatic heterocycles. The number of amides is 2. The van der Waals surface area contributed by atoms with Crippen molar-refractivity contribution in [2.75, 3.05) is 18.2 Å². The summed E-state index contributed by atoms with van der Waals surface area (Å²) in [6.07, 6.45) is -0.864. The molecule has 4 nitrogen and oxygen atoms in total. The summed E-state index contributed by atoms with van der Waals surface area (Å²) in [6.45, 7) is 0.116. The Hall–Kier alpha value is -1.91. The summed E-state index contributed by atoms with van der Waals surface area (Å²) < 4.78 is 16.4. The normalized spacial score (nSPS) is 9.62. The number of ether oxygens (including phenoxy) is 1. The third-order valence-corrected chi connectivity index (χ3v) is 1.81. The lowest BCUT2D eigenvalue weighted by Crippen LogP contribution is -2.36. The van der Waals surface area contributed by atoms with Gasteiger partial charge in [0, 0.05) is 6.92 Å². The van der Waals surface area contributed by atoms with Crippen LogP contribution < -0.4 is 4.90 Å². The minimum Gasteiger partial charge on any atom is -0.446 e. The van der Waals surface area contributed by atoms with Crippen LogP contribution in [0.5, 0.6) is 0 Å². The molecule has 1 aromatic rings. The molecule has 0 N–H and O–H groups in total. The first-order chi connectivity index (χ1) is 7.66. The second-order valence-corrected chi connectivity index (χ2v) is 2.99. The van der Waals surface area contributed by atoms with Gasteiger partial charge in [0.15, 0.2) is 0 Å². The van der Waals surface area contributed by atoms with E-state index in [1.54, 1.807) is 30.3 Å². The Bertz CT molecular complexity index is 367. The summed E-state index contributed by atoms with van der Waals surface area (Å²) in [5, 5.41) is 0. The number of imide groups is 1. The van der Waals surface area contributed by atoms with Crippen LogP contribution in [-0.4, -0.2) is 25.3 Å². The Morgan fingerprint density at radius 1 is 1.31 bits per heavy atom. The second-order valence-electron chi connectivity index (χ2n) is 2.99. The topological polar surface area (TPSA) is 46.6 Å². The lowest BCUT2D eigenvalue weighted by molar-refractivity contribution is -0.116. The molecule has 2 amide bonds. The summed E-state index contributed by atoms with van der Waals surface area (Å²) in [6, 6.07) is 8.33. The highest BCUT2D eigenvalue weighted by Gasteiger charge is 2.21. The maximum absolute atomic E-state index is 11.8. The number of alkyl halides is 1. The molecule has 0 bridgehead atoms. The number of rotatable bonds is 3. The van der Waals surface area contributed by atoms with E-state index in [1.165, 1.54) is 6.92 Å². The fourth-order valence-corrected chi connectivity index (χ4v) is 1.18.